The molecule has 0 aromatic carbocycles. The Kier molecular flexibility index (Phi) is 16.4. The van der Waals surface area contributed by atoms with E-state index in [2.05, 4.69) is 16.0 Å². The van der Waals surface area contributed by atoms with E-state index in [1.54, 1.807) is 48.5 Å². The molecule has 3 heterocycles. The number of amides is 3. The molecule has 9 aliphatic rings. The molecule has 16 unspecified atom stereocenters. The Labute approximate surface area is 453 Å². The molecule has 3 aliphatic heterocycles. The number of alkyl halides is 6. The number of esters is 3. The molecule has 31 heteroatoms. The molecule has 0 spiro atoms. The van der Waals surface area contributed by atoms with Crippen LogP contribution in [0.15, 0.2) is 0 Å². The number of nitrogens with zero attached hydrogens (tertiary/aromatic N) is 1. The van der Waals surface area contributed by atoms with E-state index in [0.717, 1.165) is 0 Å². The zero-order chi connectivity index (χ0) is 59.4. The summed E-state index contributed by atoms with van der Waals surface area (Å²) < 4.78 is 180. The average molecular weight is 1200 g/mol. The van der Waals surface area contributed by atoms with E-state index >= 15 is 0 Å². The molecule has 0 aromatic rings. The Morgan fingerprint density at radius 3 is 1.39 bits per heavy atom. The van der Waals surface area contributed by atoms with Crippen molar-refractivity contribution in [2.75, 3.05) is 19.6 Å². The third-order valence-electron chi connectivity index (χ3n) is 18.2. The van der Waals surface area contributed by atoms with Gasteiger partial charge in [0.25, 0.3) is 30.4 Å². The minimum absolute atomic E-state index is 0.0219. The standard InChI is InChI=1S/2C16H22F3NO6S.C16H22N2O6S/c1-4-14(2,3)13(22)20-7-10(21)25-11-8-5-9-12(11)26-27(23,24)15(9,6-8)16(17,18)19;1-4-15(2,3)14(22)20-6-9(21)25-11-7-5-8-12(11)26-27(23,24)13(8)10(7)16(17,18)19;1-4-15(2,3)14(20)18-7-11(19)23-12-9-5-10-13(12)24-25(21,22)16(10,6-9)8-17/h8-9,11-12H,4-7H2,1-3H3,(H,20,22);7-8,10-13H,4-6H2,1-3H3,(H,20,22);9-10,12-13H,4-7H2,1-3H3,(H,18,20). The van der Waals surface area contributed by atoms with Gasteiger partial charge in [-0.2, -0.15) is 56.9 Å². The van der Waals surface area contributed by atoms with Crippen LogP contribution in [0.3, 0.4) is 0 Å². The number of hydrogen-bond acceptors (Lipinski definition) is 19. The first kappa shape index (κ1) is 62.2. The molecule has 16 atom stereocenters. The van der Waals surface area contributed by atoms with Crippen LogP contribution in [-0.4, -0.2) is 144 Å². The predicted molar refractivity (Wildman–Crippen MR) is 257 cm³/mol. The lowest BCUT2D eigenvalue weighted by Gasteiger charge is -2.33. The van der Waals surface area contributed by atoms with Crippen molar-refractivity contribution in [1.82, 2.24) is 16.0 Å². The molecule has 3 N–H and O–H groups in total. The lowest BCUT2D eigenvalue weighted by molar-refractivity contribution is -0.203. The second-order valence-corrected chi connectivity index (χ2v) is 29.2. The lowest BCUT2D eigenvalue weighted by atomic mass is 9.83. The van der Waals surface area contributed by atoms with Crippen LogP contribution in [-0.2, 0) is 85.9 Å². The molecule has 9 rings (SSSR count). The van der Waals surface area contributed by atoms with Crippen LogP contribution in [0.4, 0.5) is 26.3 Å². The van der Waals surface area contributed by atoms with Crippen molar-refractivity contribution >= 4 is 66.0 Å². The number of carbonyl (C=O) groups is 6. The molecule has 446 valence electrons. The van der Waals surface area contributed by atoms with Gasteiger partial charge in [-0.05, 0) is 51.4 Å². The zero-order valence-corrected chi connectivity index (χ0v) is 47.1. The highest BCUT2D eigenvalue weighted by Crippen LogP contribution is 2.67. The maximum atomic E-state index is 13.5. The number of nitrogens with one attached hydrogen (secondary N) is 3. The van der Waals surface area contributed by atoms with E-state index in [1.165, 1.54) is 0 Å². The molecule has 6 saturated carbocycles. The number of carbonyl (C=O) groups excluding carboxylic acids is 6. The first-order valence-electron chi connectivity index (χ1n) is 25.9. The molecular formula is C48H66F6N4O18S3. The highest BCUT2D eigenvalue weighted by Gasteiger charge is 2.83. The summed E-state index contributed by atoms with van der Waals surface area (Å²) in [4.78, 5) is 72.2. The van der Waals surface area contributed by atoms with E-state index < -0.39 is 183 Å². The van der Waals surface area contributed by atoms with Gasteiger partial charge in [0, 0.05) is 51.8 Å². The Balaban J connectivity index is 0.000000172. The number of halogens is 6. The smallest absolute Gasteiger partial charge is 0.410 e. The van der Waals surface area contributed by atoms with Crippen LogP contribution < -0.4 is 16.0 Å². The highest BCUT2D eigenvalue weighted by molar-refractivity contribution is 7.89. The van der Waals surface area contributed by atoms with Crippen molar-refractivity contribution in [1.29, 1.82) is 5.26 Å². The van der Waals surface area contributed by atoms with Gasteiger partial charge in [-0.1, -0.05) is 62.3 Å². The first-order chi connectivity index (χ1) is 36.1. The van der Waals surface area contributed by atoms with Gasteiger partial charge in [-0.3, -0.25) is 41.3 Å². The molecule has 79 heavy (non-hydrogen) atoms. The largest absolute Gasteiger partial charge is 0.458 e. The summed E-state index contributed by atoms with van der Waals surface area (Å²) >= 11 is 0. The van der Waals surface area contributed by atoms with Crippen LogP contribution >= 0.6 is 0 Å². The van der Waals surface area contributed by atoms with Crippen LogP contribution in [0.1, 0.15) is 114 Å². The fourth-order valence-corrected chi connectivity index (χ4v) is 18.6. The first-order valence-corrected chi connectivity index (χ1v) is 30.2. The van der Waals surface area contributed by atoms with Crippen molar-refractivity contribution in [2.24, 2.45) is 57.7 Å². The van der Waals surface area contributed by atoms with Crippen molar-refractivity contribution < 1.29 is 107 Å². The van der Waals surface area contributed by atoms with Crippen molar-refractivity contribution in [3.8, 4) is 6.07 Å². The molecule has 22 nitrogen and oxygen atoms in total. The Hall–Kier alpha value is -4.38. The SMILES string of the molecule is CCC(C)(C)C(=O)NCC(=O)OC1C2CC3C1OS(=O)(=O)C3(C#N)C2.CCC(C)(C)C(=O)NCC(=O)OC1C2CC3C1OS(=O)(=O)C3(C(F)(F)F)C2.CCC(C)(C)C(=O)NCC(=O)OC1C2CC3C1OS(=O)(=O)C3C2C(F)(F)F. The normalized spacial score (nSPS) is 36.9. The van der Waals surface area contributed by atoms with Gasteiger partial charge in [0.15, 0.2) is 9.49 Å². The molecule has 0 radical (unpaired) electrons. The van der Waals surface area contributed by atoms with E-state index in [4.69, 9.17) is 26.8 Å². The van der Waals surface area contributed by atoms with Gasteiger partial charge < -0.3 is 30.2 Å². The summed E-state index contributed by atoms with van der Waals surface area (Å²) in [6.07, 6.45) is -14.3. The minimum Gasteiger partial charge on any atom is -0.458 e. The van der Waals surface area contributed by atoms with Gasteiger partial charge >= 0.3 is 30.3 Å². The van der Waals surface area contributed by atoms with Crippen molar-refractivity contribution in [2.45, 2.75) is 177 Å². The maximum absolute atomic E-state index is 13.5. The number of hydrogen-bond donors (Lipinski definition) is 3. The summed E-state index contributed by atoms with van der Waals surface area (Å²) in [5.74, 6) is -10.2. The summed E-state index contributed by atoms with van der Waals surface area (Å²) in [7, 11) is -13.2. The van der Waals surface area contributed by atoms with Gasteiger partial charge in [-0.25, -0.2) is 0 Å². The summed E-state index contributed by atoms with van der Waals surface area (Å²) in [6.45, 7) is 14.6. The summed E-state index contributed by atoms with van der Waals surface area (Å²) in [5.41, 5.74) is -1.96. The van der Waals surface area contributed by atoms with Crippen LogP contribution in [0.5, 0.6) is 0 Å². The molecule has 9 fully saturated rings. The fraction of sp³-hybridized carbons (Fsp3) is 0.854. The van der Waals surface area contributed by atoms with Crippen molar-refractivity contribution in [3.63, 3.8) is 0 Å². The van der Waals surface area contributed by atoms with Gasteiger partial charge in [0.1, 0.15) is 61.5 Å². The second-order valence-electron chi connectivity index (χ2n) is 23.8. The number of fused-ring (bicyclic) bond motifs is 3. The highest BCUT2D eigenvalue weighted by atomic mass is 32.2. The average Bonchev–Trinajstić information content (AvgIpc) is 3.43. The van der Waals surface area contributed by atoms with E-state index in [-0.39, 0.29) is 49.4 Å². The van der Waals surface area contributed by atoms with Crippen LogP contribution in [0.2, 0.25) is 0 Å². The number of ether oxygens (including phenoxy) is 3. The molecular weight excluding hydrogens is 1130 g/mol. The topological polar surface area (TPSA) is 320 Å². The third-order valence-corrected chi connectivity index (χ3v) is 24.0. The minimum atomic E-state index is -4.95. The van der Waals surface area contributed by atoms with E-state index in [1.807, 2.05) is 19.9 Å². The maximum Gasteiger partial charge on any atom is 0.410 e. The third kappa shape index (κ3) is 10.6. The predicted octanol–water partition coefficient (Wildman–Crippen LogP) is 3.38. The van der Waals surface area contributed by atoms with Gasteiger partial charge in [-0.15, -0.1) is 0 Å². The monoisotopic (exact) mass is 1200 g/mol. The molecule has 6 bridgehead atoms. The Bertz CT molecular complexity index is 2880. The van der Waals surface area contributed by atoms with Gasteiger partial charge in [0.05, 0.1) is 12.0 Å². The fourth-order valence-electron chi connectivity index (χ4n) is 12.6. The second kappa shape index (κ2) is 20.8. The zero-order valence-electron chi connectivity index (χ0n) is 44.6. The van der Waals surface area contributed by atoms with Crippen LogP contribution in [0.25, 0.3) is 0 Å². The van der Waals surface area contributed by atoms with Crippen molar-refractivity contribution in [3.05, 3.63) is 0 Å². The summed E-state index contributed by atoms with van der Waals surface area (Å²) in [5, 5.41) is 15.1. The molecule has 3 amide bonds. The number of rotatable bonds is 15. The Morgan fingerprint density at radius 2 is 0.975 bits per heavy atom. The van der Waals surface area contributed by atoms with Crippen LogP contribution in [0, 0.1) is 69.0 Å². The molecule has 0 aromatic heterocycles. The summed E-state index contributed by atoms with van der Waals surface area (Å²) in [6, 6.07) is 1.92. The number of nitriles is 1. The Morgan fingerprint density at radius 1 is 0.570 bits per heavy atom. The molecule has 3 saturated heterocycles. The van der Waals surface area contributed by atoms with Gasteiger partial charge in [0.2, 0.25) is 17.7 Å². The quantitative estimate of drug-likeness (QED) is 0.0916. The lowest BCUT2D eigenvalue weighted by Crippen LogP contribution is -2.54. The molecule has 6 aliphatic carbocycles. The van der Waals surface area contributed by atoms with E-state index in [9.17, 15) is 85.6 Å². The van der Waals surface area contributed by atoms with E-state index in [0.29, 0.717) is 25.7 Å².